The van der Waals surface area contributed by atoms with Gasteiger partial charge in [0.1, 0.15) is 28.9 Å². The molecule has 0 spiro atoms. The summed E-state index contributed by atoms with van der Waals surface area (Å²) in [6.45, 7) is 1.93. The minimum absolute atomic E-state index is 0.0972. The number of amides is 2. The van der Waals surface area contributed by atoms with E-state index < -0.39 is 24.1 Å². The number of amidine groups is 2. The zero-order valence-corrected chi connectivity index (χ0v) is 22.1. The predicted molar refractivity (Wildman–Crippen MR) is 148 cm³/mol. The number of esters is 1. The number of carbonyl (C=O) groups excluding carboxylic acids is 3. The number of hydrogen-bond acceptors (Lipinski definition) is 9. The average molecular weight is 545 g/mol. The van der Waals surface area contributed by atoms with Crippen LogP contribution in [0.25, 0.3) is 21.7 Å². The SMILES string of the molecule is CCOC(=O)C(Cc1ccc2ccc(C(=N)NC(=O)OC)cc2c1)c1cc2cc(C(=N)NC(=O)OC)ccc2o1. The van der Waals surface area contributed by atoms with Gasteiger partial charge in [0.25, 0.3) is 0 Å². The number of hydrogen-bond donors (Lipinski definition) is 4. The summed E-state index contributed by atoms with van der Waals surface area (Å²) in [7, 11) is 2.44. The Morgan fingerprint density at radius 1 is 0.800 bits per heavy atom. The van der Waals surface area contributed by atoms with E-state index in [2.05, 4.69) is 20.1 Å². The Hall–Kier alpha value is -5.19. The molecule has 0 aliphatic rings. The Morgan fingerprint density at radius 3 is 2.02 bits per heavy atom. The van der Waals surface area contributed by atoms with Gasteiger partial charge in [0.05, 0.1) is 20.8 Å². The van der Waals surface area contributed by atoms with Gasteiger partial charge in [0, 0.05) is 16.5 Å². The average Bonchev–Trinajstić information content (AvgIpc) is 3.38. The first-order valence-corrected chi connectivity index (χ1v) is 12.3. The number of nitrogens with one attached hydrogen (secondary N) is 4. The molecule has 0 aliphatic heterocycles. The third-order valence-electron chi connectivity index (χ3n) is 6.20. The zero-order valence-electron chi connectivity index (χ0n) is 22.1. The van der Waals surface area contributed by atoms with E-state index in [1.807, 2.05) is 24.3 Å². The van der Waals surface area contributed by atoms with Crippen LogP contribution in [-0.4, -0.2) is 50.7 Å². The molecule has 1 heterocycles. The smallest absolute Gasteiger partial charge is 0.412 e. The Balaban J connectivity index is 1.64. The Labute approximate surface area is 229 Å². The molecule has 206 valence electrons. The van der Waals surface area contributed by atoms with Gasteiger partial charge < -0.3 is 18.6 Å². The van der Waals surface area contributed by atoms with Crippen molar-refractivity contribution >= 4 is 51.6 Å². The topological polar surface area (TPSA) is 164 Å². The lowest BCUT2D eigenvalue weighted by molar-refractivity contribution is -0.145. The molecule has 0 saturated carbocycles. The fraction of sp³-hybridized carbons (Fsp3) is 0.207. The number of ether oxygens (including phenoxy) is 3. The molecule has 3 aromatic carbocycles. The van der Waals surface area contributed by atoms with Gasteiger partial charge in [-0.05, 0) is 60.0 Å². The van der Waals surface area contributed by atoms with Gasteiger partial charge in [-0.25, -0.2) is 9.59 Å². The molecule has 11 heteroatoms. The van der Waals surface area contributed by atoms with Crippen LogP contribution in [0.3, 0.4) is 0 Å². The van der Waals surface area contributed by atoms with Gasteiger partial charge in [-0.2, -0.15) is 0 Å². The van der Waals surface area contributed by atoms with Crippen molar-refractivity contribution in [3.8, 4) is 0 Å². The predicted octanol–water partition coefficient (Wildman–Crippen LogP) is 4.84. The maximum Gasteiger partial charge on any atom is 0.412 e. The van der Waals surface area contributed by atoms with Crippen LogP contribution in [0, 0.1) is 10.8 Å². The number of carbonyl (C=O) groups is 3. The normalized spacial score (nSPS) is 11.5. The summed E-state index contributed by atoms with van der Waals surface area (Å²) >= 11 is 0. The van der Waals surface area contributed by atoms with E-state index in [-0.39, 0.29) is 24.7 Å². The largest absolute Gasteiger partial charge is 0.465 e. The van der Waals surface area contributed by atoms with Crippen LogP contribution >= 0.6 is 0 Å². The highest BCUT2D eigenvalue weighted by Crippen LogP contribution is 2.30. The van der Waals surface area contributed by atoms with Crippen LogP contribution in [0.15, 0.2) is 65.1 Å². The standard InChI is InChI=1S/C29H28N4O7/c1-4-39-27(34)22(24-15-21-14-19(9-10-23(21)40-24)26(31)33-29(36)38-3)12-16-5-6-17-7-8-18(13-20(17)11-16)25(30)32-28(35)37-2/h5-11,13-15,22H,4,12H2,1-3H3,(H2,30,32,35)(H2,31,33,36). The summed E-state index contributed by atoms with van der Waals surface area (Å²) < 4.78 is 20.5. The first kappa shape index (κ1) is 27.8. The van der Waals surface area contributed by atoms with E-state index in [9.17, 15) is 14.4 Å². The van der Waals surface area contributed by atoms with Crippen LogP contribution < -0.4 is 10.6 Å². The second kappa shape index (κ2) is 12.1. The Bertz CT molecular complexity index is 1630. The lowest BCUT2D eigenvalue weighted by Gasteiger charge is -2.14. The van der Waals surface area contributed by atoms with E-state index in [0.717, 1.165) is 16.3 Å². The van der Waals surface area contributed by atoms with Crippen molar-refractivity contribution in [1.29, 1.82) is 10.8 Å². The van der Waals surface area contributed by atoms with E-state index in [1.54, 1.807) is 43.3 Å². The van der Waals surface area contributed by atoms with Crippen molar-refractivity contribution < 1.29 is 33.0 Å². The molecular weight excluding hydrogens is 516 g/mol. The van der Waals surface area contributed by atoms with Crippen molar-refractivity contribution in [1.82, 2.24) is 10.6 Å². The molecular formula is C29H28N4O7. The first-order valence-electron chi connectivity index (χ1n) is 12.3. The summed E-state index contributed by atoms with van der Waals surface area (Å²) in [5, 5.41) is 23.3. The molecule has 4 N–H and O–H groups in total. The Morgan fingerprint density at radius 2 is 1.40 bits per heavy atom. The summed E-state index contributed by atoms with van der Waals surface area (Å²) in [5.41, 5.74) is 2.28. The number of fused-ring (bicyclic) bond motifs is 2. The van der Waals surface area contributed by atoms with Gasteiger partial charge in [0.2, 0.25) is 0 Å². The van der Waals surface area contributed by atoms with Gasteiger partial charge in [-0.3, -0.25) is 26.2 Å². The molecule has 4 rings (SSSR count). The van der Waals surface area contributed by atoms with Gasteiger partial charge in [0.15, 0.2) is 0 Å². The van der Waals surface area contributed by atoms with Crippen molar-refractivity contribution in [3.05, 3.63) is 83.1 Å². The molecule has 0 saturated heterocycles. The number of methoxy groups -OCH3 is 2. The molecule has 2 amide bonds. The minimum Gasteiger partial charge on any atom is -0.465 e. The monoisotopic (exact) mass is 544 g/mol. The fourth-order valence-electron chi connectivity index (χ4n) is 4.20. The molecule has 1 unspecified atom stereocenters. The molecule has 40 heavy (non-hydrogen) atoms. The van der Waals surface area contributed by atoms with Crippen molar-refractivity contribution in [2.75, 3.05) is 20.8 Å². The molecule has 0 bridgehead atoms. The Kier molecular flexibility index (Phi) is 8.43. The van der Waals surface area contributed by atoms with Crippen LogP contribution in [0.2, 0.25) is 0 Å². The first-order chi connectivity index (χ1) is 19.2. The molecule has 1 aromatic heterocycles. The van der Waals surface area contributed by atoms with Gasteiger partial charge in [-0.1, -0.05) is 30.3 Å². The fourth-order valence-corrected chi connectivity index (χ4v) is 4.20. The molecule has 11 nitrogen and oxygen atoms in total. The highest BCUT2D eigenvalue weighted by Gasteiger charge is 2.27. The highest BCUT2D eigenvalue weighted by atomic mass is 16.5. The second-order valence-electron chi connectivity index (χ2n) is 8.79. The number of alkyl carbamates (subject to hydrolysis) is 2. The summed E-state index contributed by atoms with van der Waals surface area (Å²) in [6.07, 6.45) is -1.20. The lowest BCUT2D eigenvalue weighted by Crippen LogP contribution is -2.30. The van der Waals surface area contributed by atoms with E-state index in [1.165, 1.54) is 14.2 Å². The van der Waals surface area contributed by atoms with Gasteiger partial charge >= 0.3 is 18.2 Å². The molecule has 1 atom stereocenters. The van der Waals surface area contributed by atoms with Crippen molar-refractivity contribution in [3.63, 3.8) is 0 Å². The zero-order chi connectivity index (χ0) is 28.8. The lowest BCUT2D eigenvalue weighted by atomic mass is 9.94. The van der Waals surface area contributed by atoms with E-state index >= 15 is 0 Å². The maximum atomic E-state index is 13.0. The van der Waals surface area contributed by atoms with Crippen molar-refractivity contribution in [2.24, 2.45) is 0 Å². The number of rotatable bonds is 7. The van der Waals surface area contributed by atoms with Crippen LogP contribution in [-0.2, 0) is 25.4 Å². The number of benzene rings is 3. The maximum absolute atomic E-state index is 13.0. The third kappa shape index (κ3) is 6.26. The summed E-state index contributed by atoms with van der Waals surface area (Å²) in [6, 6.07) is 17.8. The minimum atomic E-state index is -0.751. The van der Waals surface area contributed by atoms with Crippen LogP contribution in [0.1, 0.15) is 35.3 Å². The van der Waals surface area contributed by atoms with Crippen LogP contribution in [0.5, 0.6) is 0 Å². The van der Waals surface area contributed by atoms with Gasteiger partial charge in [-0.15, -0.1) is 0 Å². The molecule has 0 aliphatic carbocycles. The quantitative estimate of drug-likeness (QED) is 0.112. The summed E-state index contributed by atoms with van der Waals surface area (Å²) in [5.74, 6) is -1.02. The number of furan rings is 1. The highest BCUT2D eigenvalue weighted by molar-refractivity contribution is 6.07. The van der Waals surface area contributed by atoms with E-state index in [0.29, 0.717) is 27.9 Å². The summed E-state index contributed by atoms with van der Waals surface area (Å²) in [4.78, 5) is 36.0. The van der Waals surface area contributed by atoms with E-state index in [4.69, 9.17) is 20.0 Å². The molecule has 0 radical (unpaired) electrons. The molecule has 4 aromatic rings. The molecule has 0 fully saturated rings. The second-order valence-corrected chi connectivity index (χ2v) is 8.79. The third-order valence-corrected chi connectivity index (χ3v) is 6.20. The van der Waals surface area contributed by atoms with Crippen molar-refractivity contribution in [2.45, 2.75) is 19.3 Å². The van der Waals surface area contributed by atoms with Crippen LogP contribution in [0.4, 0.5) is 9.59 Å².